The van der Waals surface area contributed by atoms with Crippen LogP contribution < -0.4 is 0 Å². The highest BCUT2D eigenvalue weighted by molar-refractivity contribution is 4.81. The van der Waals surface area contributed by atoms with Crippen molar-refractivity contribution in [2.45, 2.75) is 257 Å². The minimum Gasteiger partial charge on any atom is -0.396 e. The molecule has 0 aliphatic rings. The average molecular weight is 645 g/mol. The Kier molecular flexibility index (Phi) is 43.9. The number of hydrogen-bond donors (Lipinski definition) is 1. The zero-order valence-electron chi connectivity index (χ0n) is 32.0. The predicted octanol–water partition coefficient (Wildman–Crippen LogP) is 16.3. The first-order valence-corrected chi connectivity index (χ1v) is 21.8. The highest BCUT2D eigenvalue weighted by atomic mass is 16.2. The molecule has 274 valence electrons. The lowest BCUT2D eigenvalue weighted by molar-refractivity contribution is 0.282. The second-order valence-corrected chi connectivity index (χ2v) is 14.8. The lowest BCUT2D eigenvalue weighted by atomic mass is 10.0. The van der Waals surface area contributed by atoms with Crippen LogP contribution in [0.15, 0.2) is 24.3 Å². The van der Waals surface area contributed by atoms with Crippen molar-refractivity contribution in [3.05, 3.63) is 24.3 Å². The van der Waals surface area contributed by atoms with Gasteiger partial charge in [-0.15, -0.1) is 0 Å². The van der Waals surface area contributed by atoms with E-state index in [9.17, 15) is 0 Å². The quantitative estimate of drug-likeness (QED) is 0.0518. The van der Waals surface area contributed by atoms with E-state index in [1.165, 1.54) is 244 Å². The zero-order chi connectivity index (χ0) is 33.1. The van der Waals surface area contributed by atoms with Crippen LogP contribution in [-0.4, -0.2) is 11.7 Å². The molecule has 0 atom stereocenters. The molecule has 0 bridgehead atoms. The Balaban J connectivity index is 3.08. The van der Waals surface area contributed by atoms with E-state index >= 15 is 0 Å². The van der Waals surface area contributed by atoms with Gasteiger partial charge < -0.3 is 5.11 Å². The molecule has 0 amide bonds. The van der Waals surface area contributed by atoms with Crippen LogP contribution >= 0.6 is 0 Å². The van der Waals surface area contributed by atoms with Crippen LogP contribution in [0.4, 0.5) is 0 Å². The van der Waals surface area contributed by atoms with Gasteiger partial charge in [-0.05, 0) is 51.4 Å². The van der Waals surface area contributed by atoms with Crippen LogP contribution in [0.2, 0.25) is 0 Å². The summed E-state index contributed by atoms with van der Waals surface area (Å²) in [6, 6.07) is 0. The fraction of sp³-hybridized carbons (Fsp3) is 0.911. The average Bonchev–Trinajstić information content (AvgIpc) is 3.07. The lowest BCUT2D eigenvalue weighted by Gasteiger charge is -2.04. The second-order valence-electron chi connectivity index (χ2n) is 14.8. The van der Waals surface area contributed by atoms with Crippen molar-refractivity contribution in [3.8, 4) is 0 Å². The van der Waals surface area contributed by atoms with E-state index in [0.29, 0.717) is 6.61 Å². The summed E-state index contributed by atoms with van der Waals surface area (Å²) in [5.74, 6) is 0. The molecule has 0 aliphatic carbocycles. The van der Waals surface area contributed by atoms with Crippen LogP contribution in [0.1, 0.15) is 257 Å². The van der Waals surface area contributed by atoms with Crippen molar-refractivity contribution in [2.75, 3.05) is 6.61 Å². The Morgan fingerprint density at radius 3 is 0.609 bits per heavy atom. The van der Waals surface area contributed by atoms with Crippen LogP contribution in [0.5, 0.6) is 0 Å². The Morgan fingerprint density at radius 2 is 0.413 bits per heavy atom. The third kappa shape index (κ3) is 43.4. The Bertz CT molecular complexity index is 563. The molecule has 0 heterocycles. The van der Waals surface area contributed by atoms with E-state index in [1.807, 2.05) is 0 Å². The lowest BCUT2D eigenvalue weighted by Crippen LogP contribution is -1.85. The fourth-order valence-corrected chi connectivity index (χ4v) is 6.90. The molecule has 1 heteroatoms. The minimum atomic E-state index is 0.373. The molecule has 1 N–H and O–H groups in total. The van der Waals surface area contributed by atoms with Crippen molar-refractivity contribution in [2.24, 2.45) is 0 Å². The maximum Gasteiger partial charge on any atom is 0.0431 e. The van der Waals surface area contributed by atoms with Gasteiger partial charge in [0, 0.05) is 6.61 Å². The standard InChI is InChI=1S/C45H88O/c1-2-3-4-5-6-7-8-9-10-11-12-13-14-15-16-17-18-19-20-21-22-23-24-25-26-27-28-29-30-31-32-33-34-35-36-37-38-39-40-41-42-43-44-45-46/h3-4,14-15,46H,2,5-13,16-45H2,1H3. The molecule has 0 rings (SSSR count). The third-order valence-corrected chi connectivity index (χ3v) is 10.1. The van der Waals surface area contributed by atoms with Crippen molar-refractivity contribution in [1.82, 2.24) is 0 Å². The molecule has 0 unspecified atom stereocenters. The fourth-order valence-electron chi connectivity index (χ4n) is 6.90. The molecule has 0 aromatic rings. The maximum atomic E-state index is 8.80. The van der Waals surface area contributed by atoms with Gasteiger partial charge >= 0.3 is 0 Å². The second kappa shape index (κ2) is 44.4. The number of aliphatic hydroxyl groups is 1. The molecule has 46 heavy (non-hydrogen) atoms. The van der Waals surface area contributed by atoms with Crippen LogP contribution in [0.3, 0.4) is 0 Å². The first-order chi connectivity index (χ1) is 22.9. The normalized spacial score (nSPS) is 12.0. The molecular formula is C45H88O. The van der Waals surface area contributed by atoms with Gasteiger partial charge in [-0.25, -0.2) is 0 Å². The first-order valence-electron chi connectivity index (χ1n) is 21.8. The van der Waals surface area contributed by atoms with E-state index in [0.717, 1.165) is 6.42 Å². The summed E-state index contributed by atoms with van der Waals surface area (Å²) in [6.45, 7) is 2.59. The highest BCUT2D eigenvalue weighted by Crippen LogP contribution is 2.17. The van der Waals surface area contributed by atoms with Crippen molar-refractivity contribution >= 4 is 0 Å². The van der Waals surface area contributed by atoms with Gasteiger partial charge in [-0.1, -0.05) is 230 Å². The monoisotopic (exact) mass is 645 g/mol. The van der Waals surface area contributed by atoms with Gasteiger partial charge in [0.05, 0.1) is 0 Å². The number of unbranched alkanes of at least 4 members (excludes halogenated alkanes) is 36. The summed E-state index contributed by atoms with van der Waals surface area (Å²) in [5, 5.41) is 8.80. The molecule has 0 aromatic carbocycles. The van der Waals surface area contributed by atoms with Crippen molar-refractivity contribution in [1.29, 1.82) is 0 Å². The van der Waals surface area contributed by atoms with Gasteiger partial charge in [0.25, 0.3) is 0 Å². The molecule has 0 fully saturated rings. The van der Waals surface area contributed by atoms with E-state index < -0.39 is 0 Å². The highest BCUT2D eigenvalue weighted by Gasteiger charge is 1.97. The number of rotatable bonds is 41. The molecule has 0 aromatic heterocycles. The van der Waals surface area contributed by atoms with Crippen LogP contribution in [0.25, 0.3) is 0 Å². The molecule has 0 aliphatic heterocycles. The smallest absolute Gasteiger partial charge is 0.0431 e. The summed E-state index contributed by atoms with van der Waals surface area (Å²) in [6.07, 6.45) is 64.6. The predicted molar refractivity (Wildman–Crippen MR) is 211 cm³/mol. The summed E-state index contributed by atoms with van der Waals surface area (Å²) in [4.78, 5) is 0. The first kappa shape index (κ1) is 45.4. The van der Waals surface area contributed by atoms with E-state index in [2.05, 4.69) is 31.2 Å². The summed E-state index contributed by atoms with van der Waals surface area (Å²) in [7, 11) is 0. The third-order valence-electron chi connectivity index (χ3n) is 10.1. The van der Waals surface area contributed by atoms with Crippen molar-refractivity contribution < 1.29 is 5.11 Å². The molecule has 0 spiro atoms. The van der Waals surface area contributed by atoms with Gasteiger partial charge in [0.2, 0.25) is 0 Å². The largest absolute Gasteiger partial charge is 0.396 e. The van der Waals surface area contributed by atoms with Gasteiger partial charge in [0.1, 0.15) is 0 Å². The van der Waals surface area contributed by atoms with Crippen LogP contribution in [0, 0.1) is 0 Å². The van der Waals surface area contributed by atoms with Gasteiger partial charge in [-0.2, -0.15) is 0 Å². The Morgan fingerprint density at radius 1 is 0.239 bits per heavy atom. The van der Waals surface area contributed by atoms with Crippen LogP contribution in [-0.2, 0) is 0 Å². The topological polar surface area (TPSA) is 20.2 Å². The molecule has 0 radical (unpaired) electrons. The van der Waals surface area contributed by atoms with E-state index in [4.69, 9.17) is 5.11 Å². The Hall–Kier alpha value is -0.560. The summed E-state index contributed by atoms with van der Waals surface area (Å²) in [5.41, 5.74) is 0. The SMILES string of the molecule is CCC=CCCCCCCCCCC=CCCCCCCCCCCCCCCCCCCCCCCCCCCCCCCO. The zero-order valence-corrected chi connectivity index (χ0v) is 32.0. The minimum absolute atomic E-state index is 0.373. The molecular weight excluding hydrogens is 556 g/mol. The molecule has 0 saturated heterocycles. The van der Waals surface area contributed by atoms with Gasteiger partial charge in [-0.3, -0.25) is 0 Å². The van der Waals surface area contributed by atoms with E-state index in [1.54, 1.807) is 0 Å². The number of hydrogen-bond acceptors (Lipinski definition) is 1. The maximum absolute atomic E-state index is 8.80. The summed E-state index contributed by atoms with van der Waals surface area (Å²) < 4.78 is 0. The number of aliphatic hydroxyl groups excluding tert-OH is 1. The van der Waals surface area contributed by atoms with Crippen molar-refractivity contribution in [3.63, 3.8) is 0 Å². The molecule has 0 saturated carbocycles. The van der Waals surface area contributed by atoms with E-state index in [-0.39, 0.29) is 0 Å². The number of allylic oxidation sites excluding steroid dienone is 4. The van der Waals surface area contributed by atoms with Gasteiger partial charge in [0.15, 0.2) is 0 Å². The summed E-state index contributed by atoms with van der Waals surface area (Å²) >= 11 is 0. The Labute approximate surface area is 292 Å². The molecule has 1 nitrogen and oxygen atoms in total.